The maximum Gasteiger partial charge on any atom is 0.251 e. The molecule has 0 aromatic carbocycles. The van der Waals surface area contributed by atoms with E-state index in [1.807, 2.05) is 4.90 Å². The van der Waals surface area contributed by atoms with Crippen molar-refractivity contribution in [2.24, 2.45) is 10.4 Å². The zero-order valence-corrected chi connectivity index (χ0v) is 20.2. The molecule has 2 saturated heterocycles. The van der Waals surface area contributed by atoms with E-state index in [1.54, 1.807) is 0 Å². The van der Waals surface area contributed by atoms with E-state index >= 15 is 0 Å². The Morgan fingerprint density at radius 3 is 2.45 bits per heavy atom. The lowest BCUT2D eigenvalue weighted by Crippen LogP contribution is -2.69. The molecule has 4 rings (SSSR count). The van der Waals surface area contributed by atoms with E-state index in [0.29, 0.717) is 17.6 Å². The minimum Gasteiger partial charge on any atom is -0.378 e. The minimum absolute atomic E-state index is 0. The van der Waals surface area contributed by atoms with Gasteiger partial charge in [-0.1, -0.05) is 6.42 Å². The monoisotopic (exact) mass is 520 g/mol. The first kappa shape index (κ1) is 23.1. The molecule has 2 aliphatic carbocycles. The third kappa shape index (κ3) is 4.54. The van der Waals surface area contributed by atoms with Gasteiger partial charge in [-0.3, -0.25) is 9.79 Å². The zero-order valence-electron chi connectivity index (χ0n) is 17.9. The van der Waals surface area contributed by atoms with Gasteiger partial charge >= 0.3 is 0 Å². The van der Waals surface area contributed by atoms with E-state index in [-0.39, 0.29) is 36.0 Å². The average molecular weight is 520 g/mol. The van der Waals surface area contributed by atoms with Gasteiger partial charge in [0.05, 0.1) is 6.10 Å². The van der Waals surface area contributed by atoms with Crippen molar-refractivity contribution < 1.29 is 14.3 Å². The van der Waals surface area contributed by atoms with Gasteiger partial charge in [-0.15, -0.1) is 24.0 Å². The number of rotatable bonds is 5. The molecule has 8 heteroatoms. The molecule has 0 aromatic rings. The number of hydrogen-bond acceptors (Lipinski definition) is 4. The van der Waals surface area contributed by atoms with Crippen LogP contribution in [0.2, 0.25) is 0 Å². The Labute approximate surface area is 192 Å². The molecule has 7 nitrogen and oxygen atoms in total. The van der Waals surface area contributed by atoms with Gasteiger partial charge in [-0.25, -0.2) is 0 Å². The highest BCUT2D eigenvalue weighted by atomic mass is 127. The number of carbonyl (C=O) groups excluding carboxylic acids is 1. The summed E-state index contributed by atoms with van der Waals surface area (Å²) in [6, 6.07) is 0.467. The van der Waals surface area contributed by atoms with Crippen LogP contribution in [0.3, 0.4) is 0 Å². The van der Waals surface area contributed by atoms with Crippen LogP contribution in [0.5, 0.6) is 0 Å². The summed E-state index contributed by atoms with van der Waals surface area (Å²) in [6.45, 7) is 9.64. The zero-order chi connectivity index (χ0) is 19.6. The standard InChI is InChI=1S/C21H36N4O3.HI/c1-3-22-20(23-17-15-18(27-4-2)21(17)8-6-9-21)25-12-10-24(11-13-25)19(26)16-7-5-14-28-16;/h16-18H,3-15H2,1-2H3,(H,22,23);1H. The molecule has 2 saturated carbocycles. The third-order valence-electron chi connectivity index (χ3n) is 7.14. The van der Waals surface area contributed by atoms with Gasteiger partial charge in [0.15, 0.2) is 5.96 Å². The van der Waals surface area contributed by atoms with E-state index < -0.39 is 0 Å². The van der Waals surface area contributed by atoms with Crippen LogP contribution in [0.15, 0.2) is 4.99 Å². The molecule has 4 aliphatic rings. The first-order chi connectivity index (χ1) is 13.7. The molecule has 3 atom stereocenters. The number of hydrogen-bond donors (Lipinski definition) is 1. The number of ether oxygens (including phenoxy) is 2. The fourth-order valence-corrected chi connectivity index (χ4v) is 5.30. The van der Waals surface area contributed by atoms with Crippen molar-refractivity contribution in [3.05, 3.63) is 0 Å². The first-order valence-electron chi connectivity index (χ1n) is 11.3. The summed E-state index contributed by atoms with van der Waals surface area (Å²) in [5.41, 5.74) is 0.322. The summed E-state index contributed by atoms with van der Waals surface area (Å²) in [7, 11) is 0. The van der Waals surface area contributed by atoms with Crippen LogP contribution in [-0.2, 0) is 14.3 Å². The van der Waals surface area contributed by atoms with Crippen LogP contribution in [0.25, 0.3) is 0 Å². The lowest BCUT2D eigenvalue weighted by molar-refractivity contribution is -0.169. The number of guanidine groups is 1. The molecule has 2 aliphatic heterocycles. The summed E-state index contributed by atoms with van der Waals surface area (Å²) >= 11 is 0. The topological polar surface area (TPSA) is 66.4 Å². The normalized spacial score (nSPS) is 31.1. The Morgan fingerprint density at radius 1 is 1.17 bits per heavy atom. The lowest BCUT2D eigenvalue weighted by Gasteiger charge is -2.61. The molecule has 3 unspecified atom stereocenters. The van der Waals surface area contributed by atoms with Gasteiger partial charge in [0.25, 0.3) is 5.91 Å². The van der Waals surface area contributed by atoms with Gasteiger partial charge in [-0.05, 0) is 46.0 Å². The van der Waals surface area contributed by atoms with Gasteiger partial charge in [0.1, 0.15) is 6.10 Å². The van der Waals surface area contributed by atoms with Gasteiger partial charge in [0, 0.05) is 57.4 Å². The van der Waals surface area contributed by atoms with E-state index in [1.165, 1.54) is 19.3 Å². The second-order valence-electron chi connectivity index (χ2n) is 8.58. The Kier molecular flexibility index (Phi) is 8.06. The number of nitrogens with zero attached hydrogens (tertiary/aromatic N) is 3. The molecule has 1 N–H and O–H groups in total. The molecule has 4 fully saturated rings. The number of halogens is 1. The van der Waals surface area contributed by atoms with Gasteiger partial charge < -0.3 is 24.6 Å². The minimum atomic E-state index is -0.211. The molecule has 1 spiro atoms. The molecule has 1 amide bonds. The summed E-state index contributed by atoms with van der Waals surface area (Å²) in [5, 5.41) is 3.77. The smallest absolute Gasteiger partial charge is 0.251 e. The Balaban J connectivity index is 0.00000240. The van der Waals surface area contributed by atoms with Crippen LogP contribution in [0.4, 0.5) is 0 Å². The molecule has 29 heavy (non-hydrogen) atoms. The van der Waals surface area contributed by atoms with Crippen LogP contribution in [0, 0.1) is 5.41 Å². The number of nitrogens with one attached hydrogen (secondary N) is 1. The highest BCUT2D eigenvalue weighted by molar-refractivity contribution is 14.0. The van der Waals surface area contributed by atoms with Crippen LogP contribution < -0.4 is 5.32 Å². The summed E-state index contributed by atoms with van der Waals surface area (Å²) in [4.78, 5) is 21.7. The quantitative estimate of drug-likeness (QED) is 0.342. The molecule has 0 aromatic heterocycles. The first-order valence-corrected chi connectivity index (χ1v) is 11.3. The molecule has 166 valence electrons. The average Bonchev–Trinajstić information content (AvgIpc) is 3.19. The summed E-state index contributed by atoms with van der Waals surface area (Å²) < 4.78 is 11.6. The Bertz CT molecular complexity index is 584. The highest BCUT2D eigenvalue weighted by Gasteiger charge is 2.59. The molecular weight excluding hydrogens is 483 g/mol. The van der Waals surface area contributed by atoms with Crippen molar-refractivity contribution in [2.75, 3.05) is 45.9 Å². The fourth-order valence-electron chi connectivity index (χ4n) is 5.30. The number of piperazine rings is 1. The number of amides is 1. The SMILES string of the molecule is CCN=C(NC1CC(OCC)C12CCC2)N1CCN(C(=O)C2CCCO2)CC1.I. The maximum atomic E-state index is 12.6. The molecule has 2 heterocycles. The Hall–Kier alpha value is -0.610. The van der Waals surface area contributed by atoms with Crippen LogP contribution >= 0.6 is 24.0 Å². The predicted octanol–water partition coefficient (Wildman–Crippen LogP) is 2.24. The second kappa shape index (κ2) is 10.1. The van der Waals surface area contributed by atoms with Gasteiger partial charge in [-0.2, -0.15) is 0 Å². The summed E-state index contributed by atoms with van der Waals surface area (Å²) in [6.07, 6.45) is 6.98. The third-order valence-corrected chi connectivity index (χ3v) is 7.14. The molecule has 0 radical (unpaired) electrons. The van der Waals surface area contributed by atoms with Crippen molar-refractivity contribution in [3.8, 4) is 0 Å². The van der Waals surface area contributed by atoms with Crippen molar-refractivity contribution in [1.29, 1.82) is 0 Å². The Morgan fingerprint density at radius 2 is 1.90 bits per heavy atom. The van der Waals surface area contributed by atoms with Crippen molar-refractivity contribution in [3.63, 3.8) is 0 Å². The predicted molar refractivity (Wildman–Crippen MR) is 124 cm³/mol. The summed E-state index contributed by atoms with van der Waals surface area (Å²) in [5.74, 6) is 1.18. The van der Waals surface area contributed by atoms with E-state index in [0.717, 1.165) is 71.2 Å². The van der Waals surface area contributed by atoms with E-state index in [2.05, 4.69) is 24.1 Å². The van der Waals surface area contributed by atoms with Gasteiger partial charge in [0.2, 0.25) is 0 Å². The fraction of sp³-hybridized carbons (Fsp3) is 0.905. The largest absolute Gasteiger partial charge is 0.378 e. The van der Waals surface area contributed by atoms with Crippen molar-refractivity contribution >= 4 is 35.8 Å². The lowest BCUT2D eigenvalue weighted by atomic mass is 9.51. The second-order valence-corrected chi connectivity index (χ2v) is 8.58. The van der Waals surface area contributed by atoms with E-state index in [9.17, 15) is 4.79 Å². The van der Waals surface area contributed by atoms with Crippen LogP contribution in [-0.4, -0.2) is 85.9 Å². The van der Waals surface area contributed by atoms with E-state index in [4.69, 9.17) is 14.5 Å². The highest BCUT2D eigenvalue weighted by Crippen LogP contribution is 2.57. The number of aliphatic imine (C=N–C) groups is 1. The maximum absolute atomic E-state index is 12.6. The molecule has 0 bridgehead atoms. The van der Waals surface area contributed by atoms with Crippen LogP contribution in [0.1, 0.15) is 52.4 Å². The molecular formula is C21H37IN4O3. The van der Waals surface area contributed by atoms with Crippen molar-refractivity contribution in [2.45, 2.75) is 70.6 Å². The van der Waals surface area contributed by atoms with Crippen molar-refractivity contribution in [1.82, 2.24) is 15.1 Å². The number of carbonyl (C=O) groups is 1.